The molecular weight excluding hydrogens is 208 g/mol. The van der Waals surface area contributed by atoms with Crippen LogP contribution in [0.3, 0.4) is 0 Å². The number of nitrogens with two attached hydrogens (primary N) is 1. The number of carbonyl (C=O) groups is 2. The van der Waals surface area contributed by atoms with Gasteiger partial charge in [-0.1, -0.05) is 0 Å². The number of carboxylic acids is 1. The fourth-order valence-electron chi connectivity index (χ4n) is 1.86. The lowest BCUT2D eigenvalue weighted by molar-refractivity contribution is -0.137. The Kier molecular flexibility index (Phi) is 5.25. The first-order valence-corrected chi connectivity index (χ1v) is 5.84. The monoisotopic (exact) mass is 228 g/mol. The summed E-state index contributed by atoms with van der Waals surface area (Å²) in [6.07, 6.45) is 3.60. The maximum absolute atomic E-state index is 11.7. The molecule has 0 unspecified atom stereocenters. The fourth-order valence-corrected chi connectivity index (χ4v) is 1.86. The number of likely N-dealkylation sites (tertiary alicyclic amines) is 1. The van der Waals surface area contributed by atoms with Crippen molar-refractivity contribution in [1.29, 1.82) is 0 Å². The number of nitrogens with zero attached hydrogens (tertiary/aromatic N) is 1. The van der Waals surface area contributed by atoms with Crippen LogP contribution in [-0.2, 0) is 9.59 Å². The Balaban J connectivity index is 2.12. The molecule has 1 heterocycles. The summed E-state index contributed by atoms with van der Waals surface area (Å²) in [6, 6.07) is 0.232. The molecule has 1 aliphatic rings. The predicted molar refractivity (Wildman–Crippen MR) is 59.9 cm³/mol. The predicted octanol–water partition coefficient (Wildman–Crippen LogP) is 0.581. The molecule has 1 amide bonds. The van der Waals surface area contributed by atoms with Crippen LogP contribution >= 0.6 is 0 Å². The minimum Gasteiger partial charge on any atom is -0.481 e. The normalized spacial score (nSPS) is 17.4. The lowest BCUT2D eigenvalue weighted by Crippen LogP contribution is -2.42. The Bertz CT molecular complexity index is 248. The van der Waals surface area contributed by atoms with E-state index in [1.54, 1.807) is 0 Å². The number of aliphatic carboxylic acids is 1. The number of carbonyl (C=O) groups excluding carboxylic acids is 1. The highest BCUT2D eigenvalue weighted by Crippen LogP contribution is 2.11. The van der Waals surface area contributed by atoms with Crippen molar-refractivity contribution in [3.05, 3.63) is 0 Å². The molecule has 0 spiro atoms. The van der Waals surface area contributed by atoms with Crippen molar-refractivity contribution >= 4 is 11.9 Å². The second-order valence-electron chi connectivity index (χ2n) is 4.32. The molecule has 1 fully saturated rings. The van der Waals surface area contributed by atoms with Gasteiger partial charge in [0.15, 0.2) is 0 Å². The van der Waals surface area contributed by atoms with E-state index in [9.17, 15) is 9.59 Å². The van der Waals surface area contributed by atoms with Gasteiger partial charge in [-0.3, -0.25) is 9.59 Å². The van der Waals surface area contributed by atoms with Gasteiger partial charge >= 0.3 is 5.97 Å². The van der Waals surface area contributed by atoms with Gasteiger partial charge in [-0.15, -0.1) is 0 Å². The van der Waals surface area contributed by atoms with Gasteiger partial charge in [-0.2, -0.15) is 0 Å². The van der Waals surface area contributed by atoms with Crippen molar-refractivity contribution in [1.82, 2.24) is 4.90 Å². The summed E-state index contributed by atoms with van der Waals surface area (Å²) >= 11 is 0. The number of rotatable bonds is 5. The SMILES string of the molecule is NC1CCN(C(=O)CCCCC(=O)O)CC1. The third-order valence-electron chi connectivity index (χ3n) is 2.92. The average Bonchev–Trinajstić information content (AvgIpc) is 2.25. The second-order valence-corrected chi connectivity index (χ2v) is 4.32. The lowest BCUT2D eigenvalue weighted by Gasteiger charge is -2.30. The van der Waals surface area contributed by atoms with E-state index in [0.29, 0.717) is 19.3 Å². The molecule has 1 saturated heterocycles. The van der Waals surface area contributed by atoms with Gasteiger partial charge in [-0.05, 0) is 25.7 Å². The molecule has 5 heteroatoms. The van der Waals surface area contributed by atoms with Crippen LogP contribution in [0.4, 0.5) is 0 Å². The quantitative estimate of drug-likeness (QED) is 0.674. The van der Waals surface area contributed by atoms with E-state index in [1.807, 2.05) is 4.90 Å². The summed E-state index contributed by atoms with van der Waals surface area (Å²) in [5.41, 5.74) is 5.75. The molecule has 92 valence electrons. The van der Waals surface area contributed by atoms with E-state index < -0.39 is 5.97 Å². The number of hydrogen-bond donors (Lipinski definition) is 2. The smallest absolute Gasteiger partial charge is 0.303 e. The standard InChI is InChI=1S/C11H20N2O3/c12-9-5-7-13(8-6-9)10(14)3-1-2-4-11(15)16/h9H,1-8,12H2,(H,15,16). The molecule has 0 radical (unpaired) electrons. The van der Waals surface area contributed by atoms with Crippen molar-refractivity contribution in [2.24, 2.45) is 5.73 Å². The van der Waals surface area contributed by atoms with E-state index in [0.717, 1.165) is 25.9 Å². The highest BCUT2D eigenvalue weighted by molar-refractivity contribution is 5.76. The van der Waals surface area contributed by atoms with Gasteiger partial charge in [0.2, 0.25) is 5.91 Å². The van der Waals surface area contributed by atoms with Gasteiger partial charge < -0.3 is 15.7 Å². The van der Waals surface area contributed by atoms with E-state index in [1.165, 1.54) is 0 Å². The van der Waals surface area contributed by atoms with Crippen LogP contribution in [0.25, 0.3) is 0 Å². The van der Waals surface area contributed by atoms with Crippen molar-refractivity contribution in [2.75, 3.05) is 13.1 Å². The van der Waals surface area contributed by atoms with Crippen molar-refractivity contribution in [3.8, 4) is 0 Å². The summed E-state index contributed by atoms with van der Waals surface area (Å²) in [4.78, 5) is 23.8. The van der Waals surface area contributed by atoms with Crippen LogP contribution in [-0.4, -0.2) is 41.0 Å². The average molecular weight is 228 g/mol. The van der Waals surface area contributed by atoms with Gasteiger partial charge in [0, 0.05) is 32.0 Å². The zero-order valence-corrected chi connectivity index (χ0v) is 9.52. The molecule has 0 aromatic carbocycles. The van der Waals surface area contributed by atoms with Crippen LogP contribution in [0.15, 0.2) is 0 Å². The summed E-state index contributed by atoms with van der Waals surface area (Å²) in [7, 11) is 0. The van der Waals surface area contributed by atoms with Gasteiger partial charge in [0.25, 0.3) is 0 Å². The molecule has 0 aromatic rings. The van der Waals surface area contributed by atoms with Crippen molar-refractivity contribution < 1.29 is 14.7 Å². The topological polar surface area (TPSA) is 83.6 Å². The van der Waals surface area contributed by atoms with Crippen molar-refractivity contribution in [3.63, 3.8) is 0 Å². The number of unbranched alkanes of at least 4 members (excludes halogenated alkanes) is 1. The highest BCUT2D eigenvalue weighted by Gasteiger charge is 2.19. The molecule has 16 heavy (non-hydrogen) atoms. The number of carboxylic acid groups (broad SMARTS) is 1. The Morgan fingerprint density at radius 1 is 1.19 bits per heavy atom. The Hall–Kier alpha value is -1.10. The molecule has 1 aliphatic heterocycles. The molecular formula is C11H20N2O3. The molecule has 0 aromatic heterocycles. The van der Waals surface area contributed by atoms with Gasteiger partial charge in [0.1, 0.15) is 0 Å². The number of piperidine rings is 1. The van der Waals surface area contributed by atoms with Gasteiger partial charge in [0.05, 0.1) is 0 Å². The molecule has 0 bridgehead atoms. The molecule has 5 nitrogen and oxygen atoms in total. The fraction of sp³-hybridized carbons (Fsp3) is 0.818. The third-order valence-corrected chi connectivity index (χ3v) is 2.92. The molecule has 0 aliphatic carbocycles. The summed E-state index contributed by atoms with van der Waals surface area (Å²) in [5.74, 6) is -0.659. The molecule has 0 atom stereocenters. The lowest BCUT2D eigenvalue weighted by atomic mass is 10.1. The minimum absolute atomic E-state index is 0.136. The van der Waals surface area contributed by atoms with Crippen LogP contribution in [0.5, 0.6) is 0 Å². The zero-order valence-electron chi connectivity index (χ0n) is 9.52. The van der Waals surface area contributed by atoms with Crippen LogP contribution < -0.4 is 5.73 Å². The van der Waals surface area contributed by atoms with E-state index in [2.05, 4.69) is 0 Å². The van der Waals surface area contributed by atoms with Crippen LogP contribution in [0.1, 0.15) is 38.5 Å². The number of amides is 1. The zero-order chi connectivity index (χ0) is 12.0. The van der Waals surface area contributed by atoms with E-state index in [-0.39, 0.29) is 18.4 Å². The maximum Gasteiger partial charge on any atom is 0.303 e. The Morgan fingerprint density at radius 3 is 2.31 bits per heavy atom. The largest absolute Gasteiger partial charge is 0.481 e. The third kappa shape index (κ3) is 4.61. The minimum atomic E-state index is -0.795. The molecule has 3 N–H and O–H groups in total. The maximum atomic E-state index is 11.7. The summed E-state index contributed by atoms with van der Waals surface area (Å²) in [5, 5.41) is 8.45. The Morgan fingerprint density at radius 2 is 1.75 bits per heavy atom. The van der Waals surface area contributed by atoms with Crippen molar-refractivity contribution in [2.45, 2.75) is 44.6 Å². The first-order valence-electron chi connectivity index (χ1n) is 5.84. The molecule has 1 rings (SSSR count). The summed E-state index contributed by atoms with van der Waals surface area (Å²) in [6.45, 7) is 1.50. The van der Waals surface area contributed by atoms with Crippen LogP contribution in [0, 0.1) is 0 Å². The Labute approximate surface area is 95.6 Å². The first-order chi connectivity index (χ1) is 7.59. The van der Waals surface area contributed by atoms with E-state index >= 15 is 0 Å². The van der Waals surface area contributed by atoms with Gasteiger partial charge in [-0.25, -0.2) is 0 Å². The molecule has 0 saturated carbocycles. The first kappa shape index (κ1) is 13.0. The second kappa shape index (κ2) is 6.48. The summed E-state index contributed by atoms with van der Waals surface area (Å²) < 4.78 is 0. The highest BCUT2D eigenvalue weighted by atomic mass is 16.4. The van der Waals surface area contributed by atoms with E-state index in [4.69, 9.17) is 10.8 Å². The number of hydrogen-bond acceptors (Lipinski definition) is 3. The van der Waals surface area contributed by atoms with Crippen LogP contribution in [0.2, 0.25) is 0 Å².